The molecule has 6 heteroatoms. The predicted molar refractivity (Wildman–Crippen MR) is 68.2 cm³/mol. The van der Waals surface area contributed by atoms with E-state index in [0.29, 0.717) is 6.54 Å². The molecule has 0 saturated heterocycles. The molecule has 1 rings (SSSR count). The number of hydrogen-bond acceptors (Lipinski definition) is 4. The van der Waals surface area contributed by atoms with Gasteiger partial charge < -0.3 is 21.5 Å². The van der Waals surface area contributed by atoms with E-state index in [4.69, 9.17) is 5.73 Å². The van der Waals surface area contributed by atoms with Crippen LogP contribution in [0.5, 0.6) is 5.75 Å². The molecule has 0 radical (unpaired) electrons. The van der Waals surface area contributed by atoms with Crippen molar-refractivity contribution in [3.63, 3.8) is 0 Å². The maximum atomic E-state index is 11.7. The Morgan fingerprint density at radius 1 is 1.33 bits per heavy atom. The van der Waals surface area contributed by atoms with E-state index >= 15 is 0 Å². The summed E-state index contributed by atoms with van der Waals surface area (Å²) in [6, 6.07) is 4.14. The number of nitrogens with two attached hydrogens (primary N) is 1. The first-order valence-electron chi connectivity index (χ1n) is 5.68. The van der Waals surface area contributed by atoms with Crippen molar-refractivity contribution in [2.45, 2.75) is 13.3 Å². The fourth-order valence-corrected chi connectivity index (χ4v) is 1.41. The zero-order chi connectivity index (χ0) is 13.5. The highest BCUT2D eigenvalue weighted by Gasteiger charge is 2.10. The van der Waals surface area contributed by atoms with Gasteiger partial charge in [-0.25, -0.2) is 0 Å². The van der Waals surface area contributed by atoms with Crippen molar-refractivity contribution in [3.05, 3.63) is 23.8 Å². The van der Waals surface area contributed by atoms with Crippen LogP contribution >= 0.6 is 0 Å². The Balaban J connectivity index is 2.50. The van der Waals surface area contributed by atoms with Crippen LogP contribution in [-0.2, 0) is 4.79 Å². The van der Waals surface area contributed by atoms with Crippen LogP contribution in [0.4, 0.5) is 5.69 Å². The summed E-state index contributed by atoms with van der Waals surface area (Å²) >= 11 is 0. The highest BCUT2D eigenvalue weighted by atomic mass is 16.3. The van der Waals surface area contributed by atoms with Crippen LogP contribution in [-0.4, -0.2) is 30.0 Å². The molecule has 0 saturated carbocycles. The molecule has 0 aliphatic rings. The molecular formula is C12H17N3O3. The molecule has 0 aromatic heterocycles. The molecule has 0 fully saturated rings. The minimum Gasteiger partial charge on any atom is -0.508 e. The molecule has 6 nitrogen and oxygen atoms in total. The molecule has 98 valence electrons. The first-order chi connectivity index (χ1) is 8.54. The Morgan fingerprint density at radius 2 is 2.06 bits per heavy atom. The fraction of sp³-hybridized carbons (Fsp3) is 0.333. The van der Waals surface area contributed by atoms with Crippen molar-refractivity contribution in [1.82, 2.24) is 10.6 Å². The minimum atomic E-state index is -0.410. The smallest absolute Gasteiger partial charge is 0.253 e. The van der Waals surface area contributed by atoms with Gasteiger partial charge in [0.1, 0.15) is 5.75 Å². The average molecular weight is 251 g/mol. The third kappa shape index (κ3) is 3.97. The molecule has 0 atom stereocenters. The largest absolute Gasteiger partial charge is 0.508 e. The Bertz CT molecular complexity index is 446. The maximum absolute atomic E-state index is 11.7. The van der Waals surface area contributed by atoms with Crippen LogP contribution in [0.2, 0.25) is 0 Å². The number of carbonyl (C=O) groups excluding carboxylic acids is 2. The second-order valence-electron chi connectivity index (χ2n) is 3.73. The van der Waals surface area contributed by atoms with E-state index in [-0.39, 0.29) is 35.9 Å². The number of phenols is 1. The number of benzene rings is 1. The topological polar surface area (TPSA) is 104 Å². The van der Waals surface area contributed by atoms with Gasteiger partial charge >= 0.3 is 0 Å². The standard InChI is InChI=1S/C12H17N3O3/c1-2-14-11(17)5-6-15-12(18)9-7-8(16)3-4-10(9)13/h3-4,7,16H,2,5-6,13H2,1H3,(H,14,17)(H,15,18). The lowest BCUT2D eigenvalue weighted by Gasteiger charge is -2.07. The first-order valence-corrected chi connectivity index (χ1v) is 5.68. The zero-order valence-electron chi connectivity index (χ0n) is 10.2. The van der Waals surface area contributed by atoms with Gasteiger partial charge in [-0.05, 0) is 25.1 Å². The molecule has 5 N–H and O–H groups in total. The summed E-state index contributed by atoms with van der Waals surface area (Å²) < 4.78 is 0. The Hall–Kier alpha value is -2.24. The second kappa shape index (κ2) is 6.48. The highest BCUT2D eigenvalue weighted by molar-refractivity contribution is 5.99. The molecule has 0 aliphatic carbocycles. The van der Waals surface area contributed by atoms with Crippen molar-refractivity contribution >= 4 is 17.5 Å². The number of rotatable bonds is 5. The van der Waals surface area contributed by atoms with Crippen molar-refractivity contribution in [2.75, 3.05) is 18.8 Å². The Labute approximate surface area is 105 Å². The number of aromatic hydroxyl groups is 1. The molecule has 18 heavy (non-hydrogen) atoms. The SMILES string of the molecule is CCNC(=O)CCNC(=O)c1cc(O)ccc1N. The van der Waals surface area contributed by atoms with Crippen molar-refractivity contribution in [1.29, 1.82) is 0 Å². The lowest BCUT2D eigenvalue weighted by Crippen LogP contribution is -2.30. The van der Waals surface area contributed by atoms with Gasteiger partial charge in [0, 0.05) is 25.2 Å². The van der Waals surface area contributed by atoms with E-state index in [1.54, 1.807) is 0 Å². The van der Waals surface area contributed by atoms with Crippen LogP contribution in [0.1, 0.15) is 23.7 Å². The van der Waals surface area contributed by atoms with Gasteiger partial charge in [-0.3, -0.25) is 9.59 Å². The van der Waals surface area contributed by atoms with E-state index in [1.165, 1.54) is 18.2 Å². The molecule has 0 aliphatic heterocycles. The van der Waals surface area contributed by atoms with Crippen LogP contribution < -0.4 is 16.4 Å². The summed E-state index contributed by atoms with van der Waals surface area (Å²) in [4.78, 5) is 22.9. The van der Waals surface area contributed by atoms with E-state index in [2.05, 4.69) is 10.6 Å². The van der Waals surface area contributed by atoms with Gasteiger partial charge in [-0.1, -0.05) is 0 Å². The highest BCUT2D eigenvalue weighted by Crippen LogP contribution is 2.18. The Kier molecular flexibility index (Phi) is 4.98. The zero-order valence-corrected chi connectivity index (χ0v) is 10.2. The summed E-state index contributed by atoms with van der Waals surface area (Å²) in [5, 5.41) is 14.5. The van der Waals surface area contributed by atoms with E-state index in [1.807, 2.05) is 6.92 Å². The van der Waals surface area contributed by atoms with Crippen molar-refractivity contribution < 1.29 is 14.7 Å². The maximum Gasteiger partial charge on any atom is 0.253 e. The van der Waals surface area contributed by atoms with Gasteiger partial charge in [0.25, 0.3) is 5.91 Å². The molecule has 0 unspecified atom stereocenters. The number of hydrogen-bond donors (Lipinski definition) is 4. The molecule has 1 aromatic rings. The molecule has 0 spiro atoms. The van der Waals surface area contributed by atoms with E-state index in [0.717, 1.165) is 0 Å². The summed E-state index contributed by atoms with van der Waals surface area (Å²) in [5.74, 6) is -0.563. The molecular weight excluding hydrogens is 234 g/mol. The Morgan fingerprint density at radius 3 is 2.72 bits per heavy atom. The van der Waals surface area contributed by atoms with Crippen LogP contribution in [0.15, 0.2) is 18.2 Å². The van der Waals surface area contributed by atoms with E-state index in [9.17, 15) is 14.7 Å². The summed E-state index contributed by atoms with van der Waals surface area (Å²) in [6.07, 6.45) is 0.207. The van der Waals surface area contributed by atoms with Gasteiger partial charge in [0.2, 0.25) is 5.91 Å². The number of nitrogen functional groups attached to an aromatic ring is 1. The first kappa shape index (κ1) is 13.8. The molecule has 1 aromatic carbocycles. The summed E-state index contributed by atoms with van der Waals surface area (Å²) in [7, 11) is 0. The monoisotopic (exact) mass is 251 g/mol. The summed E-state index contributed by atoms with van der Waals surface area (Å²) in [5.41, 5.74) is 6.10. The average Bonchev–Trinajstić information content (AvgIpc) is 2.32. The number of phenolic OH excluding ortho intramolecular Hbond substituents is 1. The number of nitrogens with one attached hydrogen (secondary N) is 2. The van der Waals surface area contributed by atoms with Crippen LogP contribution in [0.3, 0.4) is 0 Å². The van der Waals surface area contributed by atoms with Gasteiger partial charge in [0.15, 0.2) is 0 Å². The third-order valence-electron chi connectivity index (χ3n) is 2.29. The molecule has 2 amide bonds. The quantitative estimate of drug-likeness (QED) is 0.444. The molecule has 0 bridgehead atoms. The number of carbonyl (C=O) groups is 2. The fourth-order valence-electron chi connectivity index (χ4n) is 1.41. The normalized spacial score (nSPS) is 9.83. The van der Waals surface area contributed by atoms with Gasteiger partial charge in [-0.2, -0.15) is 0 Å². The lowest BCUT2D eigenvalue weighted by molar-refractivity contribution is -0.120. The van der Waals surface area contributed by atoms with Crippen molar-refractivity contribution in [3.8, 4) is 5.75 Å². The number of anilines is 1. The predicted octanol–water partition coefficient (Wildman–Crippen LogP) is 0.230. The van der Waals surface area contributed by atoms with Gasteiger partial charge in [0.05, 0.1) is 5.56 Å². The van der Waals surface area contributed by atoms with E-state index < -0.39 is 5.91 Å². The number of amides is 2. The third-order valence-corrected chi connectivity index (χ3v) is 2.29. The second-order valence-corrected chi connectivity index (χ2v) is 3.73. The summed E-state index contributed by atoms with van der Waals surface area (Å²) in [6.45, 7) is 2.61. The van der Waals surface area contributed by atoms with Crippen molar-refractivity contribution in [2.24, 2.45) is 0 Å². The van der Waals surface area contributed by atoms with Gasteiger partial charge in [-0.15, -0.1) is 0 Å². The van der Waals surface area contributed by atoms with Crippen LogP contribution in [0.25, 0.3) is 0 Å². The minimum absolute atomic E-state index is 0.0296. The lowest BCUT2D eigenvalue weighted by atomic mass is 10.1. The molecule has 0 heterocycles. The van der Waals surface area contributed by atoms with Crippen LogP contribution in [0, 0.1) is 0 Å².